The normalized spacial score (nSPS) is 12.4. The van der Waals surface area contributed by atoms with E-state index in [1.54, 1.807) is 6.20 Å². The van der Waals surface area contributed by atoms with Crippen molar-refractivity contribution in [1.82, 2.24) is 9.55 Å². The predicted molar refractivity (Wildman–Crippen MR) is 68.7 cm³/mol. The molecule has 2 N–H and O–H groups in total. The van der Waals surface area contributed by atoms with Crippen LogP contribution in [-0.2, 0) is 11.3 Å². The maximum atomic E-state index is 11.9. The highest BCUT2D eigenvalue weighted by atomic mass is 16.4. The van der Waals surface area contributed by atoms with Gasteiger partial charge >= 0.3 is 5.97 Å². The summed E-state index contributed by atoms with van der Waals surface area (Å²) in [5.74, 6) is -0.593. The molecule has 0 aliphatic carbocycles. The topological polar surface area (TPSA) is 84.2 Å². The average Bonchev–Trinajstić information content (AvgIpc) is 2.30. The molecule has 18 heavy (non-hydrogen) atoms. The van der Waals surface area contributed by atoms with E-state index in [1.165, 1.54) is 10.8 Å². The molecule has 0 aliphatic rings. The summed E-state index contributed by atoms with van der Waals surface area (Å²) in [7, 11) is 0. The molecule has 0 saturated carbocycles. The van der Waals surface area contributed by atoms with Crippen molar-refractivity contribution in [2.45, 2.75) is 39.8 Å². The lowest BCUT2D eigenvalue weighted by atomic mass is 10.0. The number of aliphatic carboxylic acids is 1. The summed E-state index contributed by atoms with van der Waals surface area (Å²) >= 11 is 0. The quantitative estimate of drug-likeness (QED) is 0.795. The smallest absolute Gasteiger partial charge is 0.305 e. The highest BCUT2D eigenvalue weighted by molar-refractivity contribution is 5.68. The third-order valence-electron chi connectivity index (χ3n) is 2.78. The van der Waals surface area contributed by atoms with Gasteiger partial charge in [-0.15, -0.1) is 0 Å². The molecule has 1 aromatic rings. The Morgan fingerprint density at radius 1 is 1.56 bits per heavy atom. The highest BCUT2D eigenvalue weighted by Crippen LogP contribution is 2.10. The minimum Gasteiger partial charge on any atom is -0.481 e. The van der Waals surface area contributed by atoms with Gasteiger partial charge in [0.2, 0.25) is 0 Å². The average molecular weight is 253 g/mol. The van der Waals surface area contributed by atoms with Crippen molar-refractivity contribution in [2.24, 2.45) is 5.92 Å². The van der Waals surface area contributed by atoms with Crippen molar-refractivity contribution in [2.75, 3.05) is 5.32 Å². The molecule has 1 atom stereocenters. The largest absolute Gasteiger partial charge is 0.481 e. The molecule has 6 nitrogen and oxygen atoms in total. The number of hydrogen-bond acceptors (Lipinski definition) is 4. The van der Waals surface area contributed by atoms with E-state index in [9.17, 15) is 9.59 Å². The number of rotatable bonds is 6. The van der Waals surface area contributed by atoms with Crippen LogP contribution in [0.15, 0.2) is 17.2 Å². The van der Waals surface area contributed by atoms with E-state index in [2.05, 4.69) is 10.3 Å². The summed E-state index contributed by atoms with van der Waals surface area (Å²) in [6.45, 7) is 6.23. The molecule has 1 aromatic heterocycles. The van der Waals surface area contributed by atoms with Crippen LogP contribution in [0.5, 0.6) is 0 Å². The van der Waals surface area contributed by atoms with Gasteiger partial charge in [-0.25, -0.2) is 4.98 Å². The minimum absolute atomic E-state index is 0.0419. The molecule has 0 saturated heterocycles. The van der Waals surface area contributed by atoms with Gasteiger partial charge in [0.25, 0.3) is 5.56 Å². The summed E-state index contributed by atoms with van der Waals surface area (Å²) in [5, 5.41) is 11.8. The van der Waals surface area contributed by atoms with Crippen LogP contribution < -0.4 is 10.9 Å². The molecule has 0 aromatic carbocycles. The van der Waals surface area contributed by atoms with Crippen molar-refractivity contribution in [3.63, 3.8) is 0 Å². The lowest BCUT2D eigenvalue weighted by Crippen LogP contribution is -2.33. The first-order valence-corrected chi connectivity index (χ1v) is 5.99. The Morgan fingerprint density at radius 3 is 2.72 bits per heavy atom. The van der Waals surface area contributed by atoms with Crippen LogP contribution in [0.1, 0.15) is 27.2 Å². The second kappa shape index (κ2) is 6.18. The van der Waals surface area contributed by atoms with Crippen molar-refractivity contribution in [3.05, 3.63) is 22.7 Å². The molecule has 1 rings (SSSR count). The Morgan fingerprint density at radius 2 is 2.22 bits per heavy atom. The Bertz CT molecular complexity index is 468. The van der Waals surface area contributed by atoms with Crippen LogP contribution in [-0.4, -0.2) is 26.7 Å². The molecule has 0 fully saturated rings. The van der Waals surface area contributed by atoms with Gasteiger partial charge in [0.1, 0.15) is 0 Å². The molecule has 0 bridgehead atoms. The van der Waals surface area contributed by atoms with Crippen molar-refractivity contribution >= 4 is 11.8 Å². The monoisotopic (exact) mass is 253 g/mol. The number of hydrogen-bond donors (Lipinski definition) is 2. The van der Waals surface area contributed by atoms with Crippen LogP contribution in [0.2, 0.25) is 0 Å². The Hall–Kier alpha value is -1.85. The maximum absolute atomic E-state index is 11.9. The fourth-order valence-corrected chi connectivity index (χ4v) is 1.61. The van der Waals surface area contributed by atoms with Crippen LogP contribution in [0.3, 0.4) is 0 Å². The van der Waals surface area contributed by atoms with Crippen LogP contribution in [0.25, 0.3) is 0 Å². The van der Waals surface area contributed by atoms with Crippen LogP contribution >= 0.6 is 0 Å². The number of aromatic nitrogens is 2. The number of nitrogens with one attached hydrogen (secondary N) is 1. The Labute approximate surface area is 106 Å². The fourth-order valence-electron chi connectivity index (χ4n) is 1.61. The van der Waals surface area contributed by atoms with E-state index in [-0.39, 0.29) is 29.8 Å². The van der Waals surface area contributed by atoms with Crippen LogP contribution in [0.4, 0.5) is 5.82 Å². The van der Waals surface area contributed by atoms with Gasteiger partial charge in [0.05, 0.1) is 6.42 Å². The maximum Gasteiger partial charge on any atom is 0.305 e. The molecule has 0 aliphatic heterocycles. The van der Waals surface area contributed by atoms with Gasteiger partial charge in [0, 0.05) is 25.0 Å². The molecular weight excluding hydrogens is 234 g/mol. The zero-order valence-corrected chi connectivity index (χ0v) is 10.9. The minimum atomic E-state index is -0.895. The molecule has 1 heterocycles. The summed E-state index contributed by atoms with van der Waals surface area (Å²) in [6.07, 6.45) is 3.10. The number of anilines is 1. The number of carbonyl (C=O) groups is 1. The first-order chi connectivity index (χ1) is 8.45. The van der Waals surface area contributed by atoms with E-state index in [0.29, 0.717) is 6.54 Å². The van der Waals surface area contributed by atoms with Gasteiger partial charge in [0.15, 0.2) is 5.82 Å². The first kappa shape index (κ1) is 14.2. The standard InChI is InChI=1S/C12H19N3O3/c1-4-15-6-5-13-11(12(15)18)14-9(8(2)3)7-10(16)17/h5-6,8-9H,4,7H2,1-3H3,(H,13,14)(H,16,17). The lowest BCUT2D eigenvalue weighted by Gasteiger charge is -2.21. The van der Waals surface area contributed by atoms with Gasteiger partial charge in [-0.3, -0.25) is 9.59 Å². The zero-order chi connectivity index (χ0) is 13.7. The van der Waals surface area contributed by atoms with E-state index in [1.807, 2.05) is 20.8 Å². The molecular formula is C12H19N3O3. The number of aryl methyl sites for hydroxylation is 1. The summed E-state index contributed by atoms with van der Waals surface area (Å²) < 4.78 is 1.52. The summed E-state index contributed by atoms with van der Waals surface area (Å²) in [6, 6.07) is -0.310. The molecule has 0 spiro atoms. The zero-order valence-electron chi connectivity index (χ0n) is 10.9. The Kier molecular flexibility index (Phi) is 4.88. The first-order valence-electron chi connectivity index (χ1n) is 5.99. The van der Waals surface area contributed by atoms with Gasteiger partial charge < -0.3 is 15.0 Å². The predicted octanol–water partition coefficient (Wildman–Crippen LogP) is 1.17. The fraction of sp³-hybridized carbons (Fsp3) is 0.583. The Balaban J connectivity index is 2.94. The summed E-state index contributed by atoms with van der Waals surface area (Å²) in [4.78, 5) is 26.7. The number of carboxylic acids is 1. The third kappa shape index (κ3) is 3.58. The van der Waals surface area contributed by atoms with Crippen molar-refractivity contribution in [1.29, 1.82) is 0 Å². The van der Waals surface area contributed by atoms with Crippen LogP contribution in [0, 0.1) is 5.92 Å². The third-order valence-corrected chi connectivity index (χ3v) is 2.78. The second-order valence-electron chi connectivity index (χ2n) is 4.46. The summed E-state index contributed by atoms with van der Waals surface area (Å²) in [5.41, 5.74) is -0.226. The van der Waals surface area contributed by atoms with Crippen molar-refractivity contribution in [3.8, 4) is 0 Å². The number of nitrogens with zero attached hydrogens (tertiary/aromatic N) is 2. The SMILES string of the molecule is CCn1ccnc(NC(CC(=O)O)C(C)C)c1=O. The van der Waals surface area contributed by atoms with E-state index < -0.39 is 5.97 Å². The van der Waals surface area contributed by atoms with E-state index >= 15 is 0 Å². The molecule has 100 valence electrons. The highest BCUT2D eigenvalue weighted by Gasteiger charge is 2.18. The lowest BCUT2D eigenvalue weighted by molar-refractivity contribution is -0.137. The van der Waals surface area contributed by atoms with E-state index in [0.717, 1.165) is 0 Å². The molecule has 1 unspecified atom stereocenters. The van der Waals surface area contributed by atoms with Gasteiger partial charge in [-0.05, 0) is 12.8 Å². The number of carboxylic acid groups (broad SMARTS) is 1. The van der Waals surface area contributed by atoms with Gasteiger partial charge in [-0.2, -0.15) is 0 Å². The van der Waals surface area contributed by atoms with Gasteiger partial charge in [-0.1, -0.05) is 13.8 Å². The second-order valence-corrected chi connectivity index (χ2v) is 4.46. The van der Waals surface area contributed by atoms with Crippen molar-refractivity contribution < 1.29 is 9.90 Å². The van der Waals surface area contributed by atoms with E-state index in [4.69, 9.17) is 5.11 Å². The molecule has 0 radical (unpaired) electrons. The molecule has 6 heteroatoms. The molecule has 0 amide bonds.